The van der Waals surface area contributed by atoms with Crippen LogP contribution in [-0.4, -0.2) is 22.2 Å². The van der Waals surface area contributed by atoms with E-state index in [-0.39, 0.29) is 17.0 Å². The van der Waals surface area contributed by atoms with E-state index in [0.29, 0.717) is 5.92 Å². The van der Waals surface area contributed by atoms with E-state index in [9.17, 15) is 19.8 Å². The number of carbonyl (C=O) groups is 2. The van der Waals surface area contributed by atoms with E-state index < -0.39 is 11.9 Å². The fraction of sp³-hybridized carbons (Fsp3) is 0.556. The van der Waals surface area contributed by atoms with E-state index in [2.05, 4.69) is 0 Å². The first-order valence-electron chi connectivity index (χ1n) is 8.23. The lowest BCUT2D eigenvalue weighted by atomic mass is 9.81. The van der Waals surface area contributed by atoms with Crippen molar-refractivity contribution < 1.29 is 19.8 Å². The van der Waals surface area contributed by atoms with Crippen molar-refractivity contribution in [1.82, 2.24) is 0 Å². The minimum absolute atomic E-state index is 0.0452. The minimum atomic E-state index is -1.14. The lowest BCUT2D eigenvalue weighted by Gasteiger charge is -2.23. The first kappa shape index (κ1) is 15.1. The molecule has 0 saturated heterocycles. The average Bonchev–Trinajstić information content (AvgIpc) is 3.18. The highest BCUT2D eigenvalue weighted by Crippen LogP contribution is 2.44. The lowest BCUT2D eigenvalue weighted by molar-refractivity contribution is 0.0650. The predicted octanol–water partition coefficient (Wildman–Crippen LogP) is 4.40. The Bertz CT molecular complexity index is 593. The van der Waals surface area contributed by atoms with Gasteiger partial charge in [0.1, 0.15) is 0 Å². The van der Waals surface area contributed by atoms with Crippen LogP contribution < -0.4 is 0 Å². The molecule has 0 spiro atoms. The molecule has 2 fully saturated rings. The van der Waals surface area contributed by atoms with Gasteiger partial charge in [-0.05, 0) is 54.7 Å². The number of benzene rings is 1. The van der Waals surface area contributed by atoms with Gasteiger partial charge in [-0.2, -0.15) is 0 Å². The minimum Gasteiger partial charge on any atom is -0.478 e. The molecule has 2 aliphatic rings. The van der Waals surface area contributed by atoms with Gasteiger partial charge in [-0.25, -0.2) is 9.59 Å². The van der Waals surface area contributed by atoms with E-state index in [4.69, 9.17) is 0 Å². The van der Waals surface area contributed by atoms with Gasteiger partial charge in [-0.15, -0.1) is 0 Å². The molecule has 1 aromatic rings. The summed E-state index contributed by atoms with van der Waals surface area (Å²) >= 11 is 0. The van der Waals surface area contributed by atoms with Gasteiger partial charge >= 0.3 is 11.9 Å². The predicted molar refractivity (Wildman–Crippen MR) is 82.8 cm³/mol. The molecule has 0 unspecified atom stereocenters. The molecular weight excluding hydrogens is 280 g/mol. The second kappa shape index (κ2) is 6.11. The average molecular weight is 302 g/mol. The van der Waals surface area contributed by atoms with Crippen molar-refractivity contribution in [1.29, 1.82) is 0 Å². The molecule has 0 heterocycles. The fourth-order valence-corrected chi connectivity index (χ4v) is 4.29. The molecule has 0 amide bonds. The van der Waals surface area contributed by atoms with Crippen LogP contribution in [0.3, 0.4) is 0 Å². The van der Waals surface area contributed by atoms with Gasteiger partial charge in [-0.3, -0.25) is 0 Å². The highest BCUT2D eigenvalue weighted by atomic mass is 16.4. The van der Waals surface area contributed by atoms with Crippen LogP contribution in [0.25, 0.3) is 0 Å². The Hall–Kier alpha value is -1.84. The molecule has 0 radical (unpaired) electrons. The summed E-state index contributed by atoms with van der Waals surface area (Å²) in [5.74, 6) is -1.63. The van der Waals surface area contributed by atoms with Gasteiger partial charge in [0.05, 0.1) is 11.1 Å². The first-order valence-corrected chi connectivity index (χ1v) is 8.23. The van der Waals surface area contributed by atoms with Crippen molar-refractivity contribution >= 4 is 11.9 Å². The van der Waals surface area contributed by atoms with Crippen molar-refractivity contribution in [2.24, 2.45) is 0 Å². The molecule has 0 bridgehead atoms. The summed E-state index contributed by atoms with van der Waals surface area (Å²) in [4.78, 5) is 23.3. The van der Waals surface area contributed by atoms with Gasteiger partial charge in [0, 0.05) is 0 Å². The Kier molecular flexibility index (Phi) is 4.19. The van der Waals surface area contributed by atoms with Crippen LogP contribution in [0.2, 0.25) is 0 Å². The third kappa shape index (κ3) is 2.62. The van der Waals surface area contributed by atoms with Crippen molar-refractivity contribution in [3.8, 4) is 0 Å². The summed E-state index contributed by atoms with van der Waals surface area (Å²) in [6, 6.07) is 3.39. The Morgan fingerprint density at radius 2 is 1.36 bits per heavy atom. The van der Waals surface area contributed by atoms with Crippen LogP contribution in [0.5, 0.6) is 0 Å². The molecule has 2 saturated carbocycles. The van der Waals surface area contributed by atoms with Gasteiger partial charge in [0.25, 0.3) is 0 Å². The zero-order chi connectivity index (χ0) is 15.7. The maximum atomic E-state index is 11.8. The van der Waals surface area contributed by atoms with E-state index in [1.54, 1.807) is 0 Å². The van der Waals surface area contributed by atoms with E-state index >= 15 is 0 Å². The summed E-state index contributed by atoms with van der Waals surface area (Å²) in [5.41, 5.74) is 1.92. The van der Waals surface area contributed by atoms with E-state index in [0.717, 1.165) is 49.7 Å². The quantitative estimate of drug-likeness (QED) is 0.864. The largest absolute Gasteiger partial charge is 0.478 e. The summed E-state index contributed by atoms with van der Waals surface area (Å²) in [7, 11) is 0. The third-order valence-corrected chi connectivity index (χ3v) is 5.28. The smallest absolute Gasteiger partial charge is 0.336 e. The number of carboxylic acid groups (broad SMARTS) is 2. The molecule has 2 aliphatic carbocycles. The zero-order valence-electron chi connectivity index (χ0n) is 12.7. The van der Waals surface area contributed by atoms with Gasteiger partial charge in [0.15, 0.2) is 0 Å². The van der Waals surface area contributed by atoms with E-state index in [1.807, 2.05) is 6.07 Å². The van der Waals surface area contributed by atoms with Crippen molar-refractivity contribution in [3.05, 3.63) is 34.4 Å². The summed E-state index contributed by atoms with van der Waals surface area (Å²) in [6.07, 6.45) is 8.69. The Morgan fingerprint density at radius 1 is 0.818 bits per heavy atom. The normalized spacial score (nSPS) is 19.6. The highest BCUT2D eigenvalue weighted by Gasteiger charge is 2.32. The first-order chi connectivity index (χ1) is 10.6. The topological polar surface area (TPSA) is 74.6 Å². The number of carboxylic acids is 2. The fourth-order valence-electron chi connectivity index (χ4n) is 4.29. The monoisotopic (exact) mass is 302 g/mol. The van der Waals surface area contributed by atoms with Crippen LogP contribution in [0.1, 0.15) is 95.0 Å². The van der Waals surface area contributed by atoms with Crippen molar-refractivity contribution in [2.45, 2.75) is 63.2 Å². The molecule has 0 aromatic heterocycles. The standard InChI is InChI=1S/C18H22O4/c19-17(20)14-10-9-13(11-5-1-2-6-11)15(16(14)18(21)22)12-7-3-4-8-12/h9-12H,1-8H2,(H,19,20)(H,21,22). The zero-order valence-corrected chi connectivity index (χ0v) is 12.7. The molecule has 22 heavy (non-hydrogen) atoms. The van der Waals surface area contributed by atoms with Crippen LogP contribution in [0, 0.1) is 0 Å². The van der Waals surface area contributed by atoms with Gasteiger partial charge in [0.2, 0.25) is 0 Å². The molecule has 2 N–H and O–H groups in total. The summed E-state index contributed by atoms with van der Waals surface area (Å²) in [6.45, 7) is 0. The maximum Gasteiger partial charge on any atom is 0.336 e. The molecule has 0 aliphatic heterocycles. The molecule has 4 heteroatoms. The summed E-state index contributed by atoms with van der Waals surface area (Å²) < 4.78 is 0. The third-order valence-electron chi connectivity index (χ3n) is 5.28. The number of hydrogen-bond donors (Lipinski definition) is 2. The number of aromatic carboxylic acids is 2. The Balaban J connectivity index is 2.19. The SMILES string of the molecule is O=C(O)c1ccc(C2CCCC2)c(C2CCCC2)c1C(=O)O. The highest BCUT2D eigenvalue weighted by molar-refractivity contribution is 6.03. The number of rotatable bonds is 4. The Morgan fingerprint density at radius 3 is 1.86 bits per heavy atom. The van der Waals surface area contributed by atoms with Crippen molar-refractivity contribution in [2.75, 3.05) is 0 Å². The molecule has 3 rings (SSSR count). The Labute approximate surface area is 130 Å². The molecule has 1 aromatic carbocycles. The van der Waals surface area contributed by atoms with Gasteiger partial charge in [-0.1, -0.05) is 31.7 Å². The number of hydrogen-bond acceptors (Lipinski definition) is 2. The maximum absolute atomic E-state index is 11.8. The van der Waals surface area contributed by atoms with Crippen LogP contribution >= 0.6 is 0 Å². The van der Waals surface area contributed by atoms with Crippen LogP contribution in [0.4, 0.5) is 0 Å². The second-order valence-corrected chi connectivity index (χ2v) is 6.56. The molecule has 4 nitrogen and oxygen atoms in total. The molecule has 118 valence electrons. The van der Waals surface area contributed by atoms with Crippen molar-refractivity contribution in [3.63, 3.8) is 0 Å². The molecular formula is C18H22O4. The van der Waals surface area contributed by atoms with Crippen LogP contribution in [-0.2, 0) is 0 Å². The second-order valence-electron chi connectivity index (χ2n) is 6.56. The van der Waals surface area contributed by atoms with E-state index in [1.165, 1.54) is 18.9 Å². The lowest BCUT2D eigenvalue weighted by Crippen LogP contribution is -2.16. The molecule has 0 atom stereocenters. The summed E-state index contributed by atoms with van der Waals surface area (Å²) in [5, 5.41) is 19.0. The van der Waals surface area contributed by atoms with Crippen LogP contribution in [0.15, 0.2) is 12.1 Å². The van der Waals surface area contributed by atoms with Gasteiger partial charge < -0.3 is 10.2 Å².